The first-order valence-corrected chi connectivity index (χ1v) is 11.9. The van der Waals surface area contributed by atoms with Gasteiger partial charge >= 0.3 is 0 Å². The van der Waals surface area contributed by atoms with Gasteiger partial charge in [-0.1, -0.05) is 59.5 Å². The summed E-state index contributed by atoms with van der Waals surface area (Å²) in [6, 6.07) is 14.8. The van der Waals surface area contributed by atoms with E-state index in [-0.39, 0.29) is 5.91 Å². The number of aryl methyl sites for hydroxylation is 1. The number of sulfonamides is 1. The van der Waals surface area contributed by atoms with Gasteiger partial charge in [0.05, 0.1) is 11.9 Å². The van der Waals surface area contributed by atoms with Crippen molar-refractivity contribution < 1.29 is 13.2 Å². The average molecular weight is 435 g/mol. The zero-order valence-corrected chi connectivity index (χ0v) is 17.6. The maximum Gasteiger partial charge on any atom is 0.257 e. The number of rotatable bonds is 7. The summed E-state index contributed by atoms with van der Waals surface area (Å²) in [5.41, 5.74) is 2.59. The number of hydrogen-bond donors (Lipinski definition) is 2. The highest BCUT2D eigenvalue weighted by molar-refractivity contribution is 8.00. The normalized spacial score (nSPS) is 11.2. The lowest BCUT2D eigenvalue weighted by molar-refractivity contribution is 0.102. The van der Waals surface area contributed by atoms with Gasteiger partial charge in [0.25, 0.3) is 5.91 Å². The molecule has 0 atom stereocenters. The van der Waals surface area contributed by atoms with E-state index in [1.165, 1.54) is 23.0 Å². The molecule has 2 N–H and O–H groups in total. The van der Waals surface area contributed by atoms with Crippen LogP contribution in [-0.2, 0) is 15.8 Å². The molecular weight excluding hydrogens is 416 g/mol. The molecule has 0 fully saturated rings. The van der Waals surface area contributed by atoms with E-state index in [0.717, 1.165) is 21.9 Å². The summed E-state index contributed by atoms with van der Waals surface area (Å²) in [6.07, 6.45) is 1.06. The summed E-state index contributed by atoms with van der Waals surface area (Å²) in [4.78, 5) is 12.5. The monoisotopic (exact) mass is 434 g/mol. The molecule has 146 valence electrons. The van der Waals surface area contributed by atoms with Crippen molar-refractivity contribution >= 4 is 49.8 Å². The van der Waals surface area contributed by atoms with Gasteiger partial charge in [-0.2, -0.15) is 0 Å². The average Bonchev–Trinajstić information content (AvgIpc) is 3.09. The molecule has 0 spiro atoms. The lowest BCUT2D eigenvalue weighted by Gasteiger charge is -2.09. The van der Waals surface area contributed by atoms with Gasteiger partial charge in [0.2, 0.25) is 15.2 Å². The minimum atomic E-state index is -3.43. The van der Waals surface area contributed by atoms with E-state index < -0.39 is 10.0 Å². The maximum atomic E-state index is 12.5. The number of amides is 1. The fourth-order valence-electron chi connectivity index (χ4n) is 2.28. The summed E-state index contributed by atoms with van der Waals surface area (Å²) in [5, 5.41) is 11.2. The highest BCUT2D eigenvalue weighted by Gasteiger charge is 2.13. The van der Waals surface area contributed by atoms with Crippen LogP contribution in [-0.4, -0.2) is 30.8 Å². The van der Waals surface area contributed by atoms with E-state index in [1.807, 2.05) is 30.3 Å². The quantitative estimate of drug-likeness (QED) is 0.434. The number of nitrogens with zero attached hydrogens (tertiary/aromatic N) is 2. The number of nitrogens with one attached hydrogen (secondary N) is 2. The van der Waals surface area contributed by atoms with Crippen molar-refractivity contribution in [3.05, 3.63) is 65.2 Å². The number of anilines is 2. The van der Waals surface area contributed by atoms with Crippen LogP contribution in [0.2, 0.25) is 0 Å². The predicted octanol–water partition coefficient (Wildman–Crippen LogP) is 3.76. The van der Waals surface area contributed by atoms with Crippen molar-refractivity contribution in [3.8, 4) is 0 Å². The molecule has 0 unspecified atom stereocenters. The van der Waals surface area contributed by atoms with Crippen molar-refractivity contribution in [3.63, 3.8) is 0 Å². The second-order valence-corrected chi connectivity index (χ2v) is 9.95. The molecule has 0 radical (unpaired) electrons. The number of benzene rings is 2. The summed E-state index contributed by atoms with van der Waals surface area (Å²) in [6.45, 7) is 1.76. The molecule has 28 heavy (non-hydrogen) atoms. The van der Waals surface area contributed by atoms with E-state index in [9.17, 15) is 13.2 Å². The lowest BCUT2D eigenvalue weighted by Crippen LogP contribution is -2.14. The molecule has 10 heteroatoms. The molecule has 1 amide bonds. The van der Waals surface area contributed by atoms with Crippen LogP contribution in [0.15, 0.2) is 52.9 Å². The summed E-state index contributed by atoms with van der Waals surface area (Å²) < 4.78 is 26.1. The molecular formula is C18H18N4O3S3. The molecule has 0 aliphatic heterocycles. The molecule has 3 aromatic rings. The molecule has 1 aromatic heterocycles. The maximum absolute atomic E-state index is 12.5. The summed E-state index contributed by atoms with van der Waals surface area (Å²) >= 11 is 2.83. The Morgan fingerprint density at radius 1 is 1.14 bits per heavy atom. The van der Waals surface area contributed by atoms with Gasteiger partial charge in [-0.3, -0.25) is 14.8 Å². The molecule has 2 aromatic carbocycles. The van der Waals surface area contributed by atoms with Crippen molar-refractivity contribution in [1.82, 2.24) is 10.2 Å². The van der Waals surface area contributed by atoms with Gasteiger partial charge in [-0.05, 0) is 30.2 Å². The smallest absolute Gasteiger partial charge is 0.257 e. The molecule has 0 saturated carbocycles. The van der Waals surface area contributed by atoms with Crippen molar-refractivity contribution in [2.45, 2.75) is 17.0 Å². The Bertz CT molecular complexity index is 1080. The Morgan fingerprint density at radius 3 is 2.61 bits per heavy atom. The van der Waals surface area contributed by atoms with Gasteiger partial charge in [-0.15, -0.1) is 10.2 Å². The van der Waals surface area contributed by atoms with Crippen LogP contribution in [0, 0.1) is 6.92 Å². The lowest BCUT2D eigenvalue weighted by atomic mass is 10.1. The standard InChI is InChI=1S/C18H18N4O3S3/c1-12-8-9-14(10-15(12)22-28(2,24)25)16(23)19-17-20-21-18(27-17)26-11-13-6-4-3-5-7-13/h3-10,22H,11H2,1-2H3,(H,19,20,23). The highest BCUT2D eigenvalue weighted by atomic mass is 32.2. The molecule has 3 rings (SSSR count). The largest absolute Gasteiger partial charge is 0.296 e. The van der Waals surface area contributed by atoms with Crippen LogP contribution < -0.4 is 10.0 Å². The number of carbonyl (C=O) groups excluding carboxylic acids is 1. The second kappa shape index (κ2) is 8.72. The number of hydrogen-bond acceptors (Lipinski definition) is 7. The minimum absolute atomic E-state index is 0.324. The molecule has 0 saturated heterocycles. The topological polar surface area (TPSA) is 101 Å². The van der Waals surface area contributed by atoms with Crippen LogP contribution in [0.5, 0.6) is 0 Å². The predicted molar refractivity (Wildman–Crippen MR) is 114 cm³/mol. The molecule has 7 nitrogen and oxygen atoms in total. The van der Waals surface area contributed by atoms with Gasteiger partial charge in [0.15, 0.2) is 4.34 Å². The second-order valence-electron chi connectivity index (χ2n) is 6.01. The Hall–Kier alpha value is -2.43. The van der Waals surface area contributed by atoms with E-state index in [4.69, 9.17) is 0 Å². The van der Waals surface area contributed by atoms with E-state index in [2.05, 4.69) is 20.2 Å². The van der Waals surface area contributed by atoms with E-state index in [0.29, 0.717) is 16.4 Å². The van der Waals surface area contributed by atoms with Crippen LogP contribution in [0.1, 0.15) is 21.5 Å². The summed E-state index contributed by atoms with van der Waals surface area (Å²) in [7, 11) is -3.43. The van der Waals surface area contributed by atoms with Gasteiger partial charge in [0, 0.05) is 11.3 Å². The van der Waals surface area contributed by atoms with E-state index >= 15 is 0 Å². The number of carbonyl (C=O) groups is 1. The third-order valence-electron chi connectivity index (χ3n) is 3.63. The van der Waals surface area contributed by atoms with Crippen molar-refractivity contribution in [2.24, 2.45) is 0 Å². The number of thioether (sulfide) groups is 1. The fourth-order valence-corrected chi connectivity index (χ4v) is 4.60. The van der Waals surface area contributed by atoms with Crippen molar-refractivity contribution in [1.29, 1.82) is 0 Å². The first-order chi connectivity index (χ1) is 13.3. The Labute approximate surface area is 171 Å². The van der Waals surface area contributed by atoms with Crippen LogP contribution >= 0.6 is 23.1 Å². The highest BCUT2D eigenvalue weighted by Crippen LogP contribution is 2.28. The first kappa shape index (κ1) is 20.3. The number of aromatic nitrogens is 2. The van der Waals surface area contributed by atoms with Crippen LogP contribution in [0.4, 0.5) is 10.8 Å². The van der Waals surface area contributed by atoms with Gasteiger partial charge in [-0.25, -0.2) is 8.42 Å². The van der Waals surface area contributed by atoms with Gasteiger partial charge in [0.1, 0.15) is 0 Å². The van der Waals surface area contributed by atoms with Crippen molar-refractivity contribution in [2.75, 3.05) is 16.3 Å². The Balaban J connectivity index is 1.65. The zero-order valence-electron chi connectivity index (χ0n) is 15.2. The zero-order chi connectivity index (χ0) is 20.1. The van der Waals surface area contributed by atoms with E-state index in [1.54, 1.807) is 30.8 Å². The Kier molecular flexibility index (Phi) is 6.32. The summed E-state index contributed by atoms with van der Waals surface area (Å²) in [5.74, 6) is 0.384. The Morgan fingerprint density at radius 2 is 1.89 bits per heavy atom. The minimum Gasteiger partial charge on any atom is -0.296 e. The SMILES string of the molecule is Cc1ccc(C(=O)Nc2nnc(SCc3ccccc3)s2)cc1NS(C)(=O)=O. The fraction of sp³-hybridized carbons (Fsp3) is 0.167. The third-order valence-corrected chi connectivity index (χ3v) is 6.26. The molecule has 0 bridgehead atoms. The molecule has 0 aliphatic carbocycles. The first-order valence-electron chi connectivity index (χ1n) is 8.20. The molecule has 1 heterocycles. The van der Waals surface area contributed by atoms with Crippen LogP contribution in [0.25, 0.3) is 0 Å². The van der Waals surface area contributed by atoms with Crippen LogP contribution in [0.3, 0.4) is 0 Å². The van der Waals surface area contributed by atoms with Gasteiger partial charge < -0.3 is 0 Å². The molecule has 0 aliphatic rings. The third kappa shape index (κ3) is 5.78.